The number of carboxylic acid groups (broad SMARTS) is 1. The van der Waals surface area contributed by atoms with E-state index in [1.54, 1.807) is 48.5 Å². The number of aliphatic hydroxyl groups is 1. The minimum absolute atomic E-state index is 0.211. The molecule has 0 saturated carbocycles. The molecule has 0 aliphatic carbocycles. The van der Waals surface area contributed by atoms with Crippen LogP contribution in [0.3, 0.4) is 0 Å². The van der Waals surface area contributed by atoms with Crippen molar-refractivity contribution in [3.05, 3.63) is 87.4 Å². The number of rotatable bonds is 8. The molecule has 3 aromatic carbocycles. The van der Waals surface area contributed by atoms with Crippen molar-refractivity contribution >= 4 is 35.1 Å². The number of fused-ring (bicyclic) bond motifs is 1. The third-order valence-corrected chi connectivity index (χ3v) is 6.24. The third-order valence-electron chi connectivity index (χ3n) is 5.70. The molecular weight excluding hydrogens is 493 g/mol. The number of hydrogen-bond acceptors (Lipinski definition) is 5. The van der Waals surface area contributed by atoms with Crippen molar-refractivity contribution < 1.29 is 29.3 Å². The van der Waals surface area contributed by atoms with Crippen LogP contribution in [0.25, 0.3) is 0 Å². The monoisotopic (exact) mass is 515 g/mol. The Labute approximate surface area is 212 Å². The van der Waals surface area contributed by atoms with Crippen molar-refractivity contribution in [1.29, 1.82) is 0 Å². The summed E-state index contributed by atoms with van der Waals surface area (Å²) in [5.74, 6) is -0.750. The summed E-state index contributed by atoms with van der Waals surface area (Å²) in [7, 11) is 0. The van der Waals surface area contributed by atoms with E-state index < -0.39 is 17.9 Å². The van der Waals surface area contributed by atoms with Crippen molar-refractivity contribution in [1.82, 2.24) is 5.32 Å². The second-order valence-electron chi connectivity index (χ2n) is 8.16. The second-order valence-corrected chi connectivity index (χ2v) is 9.00. The van der Waals surface area contributed by atoms with E-state index in [1.807, 2.05) is 12.1 Å². The summed E-state index contributed by atoms with van der Waals surface area (Å²) in [5, 5.41) is 22.8. The first-order valence-corrected chi connectivity index (χ1v) is 11.7. The van der Waals surface area contributed by atoms with Gasteiger partial charge in [-0.2, -0.15) is 0 Å². The Kier molecular flexibility index (Phi) is 7.80. The van der Waals surface area contributed by atoms with Crippen molar-refractivity contribution in [3.63, 3.8) is 0 Å². The highest BCUT2D eigenvalue weighted by molar-refractivity contribution is 6.32. The summed E-state index contributed by atoms with van der Waals surface area (Å²) in [6.07, 6.45) is 0.835. The van der Waals surface area contributed by atoms with Gasteiger partial charge >= 0.3 is 5.97 Å². The van der Waals surface area contributed by atoms with Crippen LogP contribution < -0.4 is 14.8 Å². The number of aliphatic carboxylic acids is 1. The molecule has 0 bridgehead atoms. The van der Waals surface area contributed by atoms with Crippen LogP contribution in [-0.4, -0.2) is 41.3 Å². The molecule has 1 heterocycles. The van der Waals surface area contributed by atoms with Gasteiger partial charge in [-0.3, -0.25) is 9.59 Å². The molecule has 1 amide bonds. The largest absolute Gasteiger partial charge is 0.493 e. The van der Waals surface area contributed by atoms with Gasteiger partial charge in [0.15, 0.2) is 0 Å². The summed E-state index contributed by atoms with van der Waals surface area (Å²) in [4.78, 5) is 24.2. The maximum absolute atomic E-state index is 12.7. The number of carbonyl (C=O) groups excluding carboxylic acids is 1. The molecule has 35 heavy (non-hydrogen) atoms. The van der Waals surface area contributed by atoms with Crippen molar-refractivity contribution in [2.75, 3.05) is 13.2 Å². The molecule has 0 aromatic heterocycles. The summed E-state index contributed by atoms with van der Waals surface area (Å²) in [5.41, 5.74) is 1.86. The van der Waals surface area contributed by atoms with E-state index in [0.29, 0.717) is 52.8 Å². The lowest BCUT2D eigenvalue weighted by Crippen LogP contribution is -2.39. The fourth-order valence-electron chi connectivity index (χ4n) is 3.86. The number of ether oxygens (including phenoxy) is 2. The molecule has 7 nitrogen and oxygen atoms in total. The summed E-state index contributed by atoms with van der Waals surface area (Å²) in [6, 6.07) is 16.4. The van der Waals surface area contributed by atoms with Crippen LogP contribution in [0.2, 0.25) is 10.0 Å². The highest BCUT2D eigenvalue weighted by atomic mass is 35.5. The standard InChI is InChI=1S/C26H23Cl2NO6/c27-17-5-1-15(2-6-17)11-18(14-30)29-25(31)16-3-7-19(8-4-16)35-24-13-23-21(12-22(24)28)20(26(32)33)9-10-34-23/h1-8,12-13,18,20,30H,9-11,14H2,(H,29,31)(H,32,33). The lowest BCUT2D eigenvalue weighted by Gasteiger charge is -2.24. The van der Waals surface area contributed by atoms with Crippen LogP contribution in [0.15, 0.2) is 60.7 Å². The van der Waals surface area contributed by atoms with E-state index in [2.05, 4.69) is 5.32 Å². The minimum Gasteiger partial charge on any atom is -0.493 e. The Bertz CT molecular complexity index is 1210. The van der Waals surface area contributed by atoms with Gasteiger partial charge in [-0.1, -0.05) is 35.3 Å². The third kappa shape index (κ3) is 6.06. The smallest absolute Gasteiger partial charge is 0.311 e. The maximum atomic E-state index is 12.7. The average molecular weight is 516 g/mol. The zero-order valence-electron chi connectivity index (χ0n) is 18.5. The molecule has 2 atom stereocenters. The van der Waals surface area contributed by atoms with Gasteiger partial charge in [0.25, 0.3) is 5.91 Å². The Morgan fingerprint density at radius 2 is 1.80 bits per heavy atom. The number of carbonyl (C=O) groups is 2. The summed E-state index contributed by atoms with van der Waals surface area (Å²) < 4.78 is 11.5. The Balaban J connectivity index is 1.42. The predicted octanol–water partition coefficient (Wildman–Crippen LogP) is 5.07. The molecule has 1 aliphatic heterocycles. The molecule has 3 N–H and O–H groups in total. The fraction of sp³-hybridized carbons (Fsp3) is 0.231. The molecule has 182 valence electrons. The molecule has 4 rings (SSSR count). The topological polar surface area (TPSA) is 105 Å². The van der Waals surface area contributed by atoms with Crippen molar-refractivity contribution in [3.8, 4) is 17.2 Å². The normalized spacial score (nSPS) is 15.5. The SMILES string of the molecule is O=C(NC(CO)Cc1ccc(Cl)cc1)c1ccc(Oc2cc3c(cc2Cl)C(C(=O)O)CCO3)cc1. The van der Waals surface area contributed by atoms with Crippen LogP contribution >= 0.6 is 23.2 Å². The highest BCUT2D eigenvalue weighted by Gasteiger charge is 2.29. The Morgan fingerprint density at radius 3 is 2.46 bits per heavy atom. The maximum Gasteiger partial charge on any atom is 0.311 e. The second kappa shape index (κ2) is 11.0. The highest BCUT2D eigenvalue weighted by Crippen LogP contribution is 2.41. The van der Waals surface area contributed by atoms with Gasteiger partial charge in [0.05, 0.1) is 30.2 Å². The van der Waals surface area contributed by atoms with E-state index in [9.17, 15) is 19.8 Å². The van der Waals surface area contributed by atoms with E-state index >= 15 is 0 Å². The first kappa shape index (κ1) is 24.9. The van der Waals surface area contributed by atoms with E-state index in [0.717, 1.165) is 5.56 Å². The number of amides is 1. The number of aliphatic hydroxyl groups excluding tert-OH is 1. The minimum atomic E-state index is -0.926. The van der Waals surface area contributed by atoms with E-state index in [1.165, 1.54) is 0 Å². The first-order chi connectivity index (χ1) is 16.8. The number of benzene rings is 3. The number of halogens is 2. The van der Waals surface area contributed by atoms with Crippen LogP contribution in [0.4, 0.5) is 0 Å². The number of hydrogen-bond donors (Lipinski definition) is 3. The van der Waals surface area contributed by atoms with Gasteiger partial charge in [-0.15, -0.1) is 0 Å². The summed E-state index contributed by atoms with van der Waals surface area (Å²) in [6.45, 7) is 0.0822. The van der Waals surface area contributed by atoms with Gasteiger partial charge in [0.2, 0.25) is 0 Å². The predicted molar refractivity (Wildman–Crippen MR) is 132 cm³/mol. The fourth-order valence-corrected chi connectivity index (χ4v) is 4.20. The van der Waals surface area contributed by atoms with Crippen LogP contribution in [-0.2, 0) is 11.2 Å². The molecular formula is C26H23Cl2NO6. The Morgan fingerprint density at radius 1 is 1.09 bits per heavy atom. The van der Waals surface area contributed by atoms with Gasteiger partial charge in [0.1, 0.15) is 17.2 Å². The van der Waals surface area contributed by atoms with Crippen LogP contribution in [0.5, 0.6) is 17.2 Å². The van der Waals surface area contributed by atoms with Crippen LogP contribution in [0.1, 0.15) is 33.8 Å². The van der Waals surface area contributed by atoms with Gasteiger partial charge in [-0.25, -0.2) is 0 Å². The summed E-state index contributed by atoms with van der Waals surface area (Å²) >= 11 is 12.2. The average Bonchev–Trinajstić information content (AvgIpc) is 2.85. The molecule has 2 unspecified atom stereocenters. The van der Waals surface area contributed by atoms with Gasteiger partial charge in [-0.05, 0) is 60.9 Å². The lowest BCUT2D eigenvalue weighted by molar-refractivity contribution is -0.139. The number of nitrogens with one attached hydrogen (secondary N) is 1. The molecule has 0 fully saturated rings. The van der Waals surface area contributed by atoms with Gasteiger partial charge in [0, 0.05) is 22.2 Å². The number of carboxylic acids is 1. The molecule has 3 aromatic rings. The Hall–Kier alpha value is -3.26. The molecule has 0 saturated heterocycles. The quantitative estimate of drug-likeness (QED) is 0.386. The lowest BCUT2D eigenvalue weighted by atomic mass is 9.93. The van der Waals surface area contributed by atoms with E-state index in [-0.39, 0.29) is 17.5 Å². The van der Waals surface area contributed by atoms with Crippen molar-refractivity contribution in [2.24, 2.45) is 0 Å². The molecule has 0 spiro atoms. The van der Waals surface area contributed by atoms with Crippen molar-refractivity contribution in [2.45, 2.75) is 24.8 Å². The first-order valence-electron chi connectivity index (χ1n) is 11.0. The molecule has 0 radical (unpaired) electrons. The van der Waals surface area contributed by atoms with Crippen LogP contribution in [0, 0.1) is 0 Å². The molecule has 1 aliphatic rings. The molecule has 9 heteroatoms. The van der Waals surface area contributed by atoms with Gasteiger partial charge < -0.3 is 25.0 Å². The zero-order chi connectivity index (χ0) is 24.9. The van der Waals surface area contributed by atoms with E-state index in [4.69, 9.17) is 32.7 Å². The zero-order valence-corrected chi connectivity index (χ0v) is 20.1.